The number of hydrogen-bond donors (Lipinski definition) is 1. The summed E-state index contributed by atoms with van der Waals surface area (Å²) in [6.45, 7) is 0.819. The molecule has 0 atom stereocenters. The number of aromatic hydroxyl groups is 1. The number of rotatable bonds is 0. The number of phenols is 1. The molecule has 1 aromatic carbocycles. The molecule has 3 rings (SSSR count). The van der Waals surface area contributed by atoms with Crippen molar-refractivity contribution < 1.29 is 5.11 Å². The van der Waals surface area contributed by atoms with Crippen LogP contribution in [0.2, 0.25) is 0 Å². The normalized spacial score (nSPS) is 12.6. The van der Waals surface area contributed by atoms with Crippen LogP contribution in [0.1, 0.15) is 5.56 Å². The Bertz CT molecular complexity index is 474. The summed E-state index contributed by atoms with van der Waals surface area (Å²) in [6, 6.07) is 5.61. The highest BCUT2D eigenvalue weighted by molar-refractivity contribution is 5.73. The van der Waals surface area contributed by atoms with Gasteiger partial charge in [-0.3, -0.25) is 0 Å². The van der Waals surface area contributed by atoms with E-state index in [9.17, 15) is 5.11 Å². The van der Waals surface area contributed by atoms with Gasteiger partial charge in [-0.15, -0.1) is 0 Å². The predicted molar refractivity (Wildman–Crippen MR) is 48.4 cm³/mol. The zero-order chi connectivity index (χ0) is 8.84. The number of aromatic nitrogens is 2. The largest absolute Gasteiger partial charge is 0.507 e. The van der Waals surface area contributed by atoms with Gasteiger partial charge in [-0.2, -0.15) is 0 Å². The van der Waals surface area contributed by atoms with E-state index < -0.39 is 0 Å². The smallest absolute Gasteiger partial charge is 0.125 e. The van der Waals surface area contributed by atoms with E-state index in [2.05, 4.69) is 4.98 Å². The highest BCUT2D eigenvalue weighted by Crippen LogP contribution is 2.37. The van der Waals surface area contributed by atoms with Crippen molar-refractivity contribution in [1.29, 1.82) is 0 Å². The Hall–Kier alpha value is -1.77. The molecular weight excluding hydrogens is 164 g/mol. The maximum atomic E-state index is 9.66. The van der Waals surface area contributed by atoms with Crippen LogP contribution in [0.5, 0.6) is 5.75 Å². The SMILES string of the molecule is Oc1cccc2c1-c1cncn1C2. The number of imidazole rings is 1. The second kappa shape index (κ2) is 2.13. The van der Waals surface area contributed by atoms with E-state index in [4.69, 9.17) is 0 Å². The van der Waals surface area contributed by atoms with Gasteiger partial charge in [-0.1, -0.05) is 12.1 Å². The second-order valence-corrected chi connectivity index (χ2v) is 3.22. The summed E-state index contributed by atoms with van der Waals surface area (Å²) in [5, 5.41) is 9.66. The number of hydrogen-bond acceptors (Lipinski definition) is 2. The third-order valence-electron chi connectivity index (χ3n) is 2.44. The van der Waals surface area contributed by atoms with Gasteiger partial charge in [-0.05, 0) is 11.6 Å². The van der Waals surface area contributed by atoms with Crippen LogP contribution in [0.4, 0.5) is 0 Å². The lowest BCUT2D eigenvalue weighted by atomic mass is 10.1. The Morgan fingerprint density at radius 1 is 1.38 bits per heavy atom. The molecule has 0 saturated heterocycles. The van der Waals surface area contributed by atoms with E-state index in [0.717, 1.165) is 23.4 Å². The van der Waals surface area contributed by atoms with E-state index in [0.29, 0.717) is 5.75 Å². The Kier molecular flexibility index (Phi) is 1.10. The van der Waals surface area contributed by atoms with Gasteiger partial charge in [0, 0.05) is 12.1 Å². The number of benzene rings is 1. The lowest BCUT2D eigenvalue weighted by molar-refractivity contribution is 0.477. The van der Waals surface area contributed by atoms with E-state index in [-0.39, 0.29) is 0 Å². The number of phenolic OH excluding ortho intramolecular Hbond substituents is 1. The van der Waals surface area contributed by atoms with Crippen LogP contribution in [-0.2, 0) is 6.54 Å². The Balaban J connectivity index is 2.37. The summed E-state index contributed by atoms with van der Waals surface area (Å²) in [7, 11) is 0. The number of nitrogens with zero attached hydrogens (tertiary/aromatic N) is 2. The standard InChI is InChI=1S/C10H8N2O/c13-9-3-1-2-7-5-12-6-11-4-8(12)10(7)9/h1-4,6,13H,5H2. The molecule has 1 aromatic heterocycles. The first kappa shape index (κ1) is 6.71. The summed E-state index contributed by atoms with van der Waals surface area (Å²) in [5.74, 6) is 0.344. The molecule has 1 aliphatic rings. The molecule has 2 heterocycles. The Morgan fingerprint density at radius 3 is 3.23 bits per heavy atom. The van der Waals surface area contributed by atoms with Gasteiger partial charge in [0.2, 0.25) is 0 Å². The number of fused-ring (bicyclic) bond motifs is 3. The van der Waals surface area contributed by atoms with Gasteiger partial charge in [0.05, 0.1) is 18.2 Å². The average molecular weight is 172 g/mol. The van der Waals surface area contributed by atoms with Gasteiger partial charge in [0.15, 0.2) is 0 Å². The van der Waals surface area contributed by atoms with Gasteiger partial charge in [0.1, 0.15) is 5.75 Å². The third kappa shape index (κ3) is 0.758. The van der Waals surface area contributed by atoms with Crippen molar-refractivity contribution in [3.63, 3.8) is 0 Å². The van der Waals surface area contributed by atoms with Crippen molar-refractivity contribution in [1.82, 2.24) is 9.55 Å². The van der Waals surface area contributed by atoms with Crippen molar-refractivity contribution in [2.75, 3.05) is 0 Å². The minimum Gasteiger partial charge on any atom is -0.507 e. The molecule has 3 heteroatoms. The molecule has 0 aliphatic carbocycles. The molecular formula is C10H8N2O. The maximum Gasteiger partial charge on any atom is 0.125 e. The van der Waals surface area contributed by atoms with Gasteiger partial charge < -0.3 is 9.67 Å². The molecule has 64 valence electrons. The fraction of sp³-hybridized carbons (Fsp3) is 0.100. The zero-order valence-electron chi connectivity index (χ0n) is 6.94. The van der Waals surface area contributed by atoms with Crippen molar-refractivity contribution in [3.05, 3.63) is 36.3 Å². The fourth-order valence-electron chi connectivity index (χ4n) is 1.85. The minimum absolute atomic E-state index is 0.344. The Morgan fingerprint density at radius 2 is 2.31 bits per heavy atom. The summed E-state index contributed by atoms with van der Waals surface area (Å²) < 4.78 is 2.03. The summed E-state index contributed by atoms with van der Waals surface area (Å²) >= 11 is 0. The molecule has 2 aromatic rings. The molecule has 13 heavy (non-hydrogen) atoms. The average Bonchev–Trinajstić information content (AvgIpc) is 2.62. The first-order valence-electron chi connectivity index (χ1n) is 4.17. The van der Waals surface area contributed by atoms with Crippen LogP contribution in [0.3, 0.4) is 0 Å². The first-order valence-corrected chi connectivity index (χ1v) is 4.17. The van der Waals surface area contributed by atoms with Crippen LogP contribution in [-0.4, -0.2) is 14.7 Å². The molecule has 0 unspecified atom stereocenters. The van der Waals surface area contributed by atoms with Crippen LogP contribution in [0.25, 0.3) is 11.3 Å². The highest BCUT2D eigenvalue weighted by Gasteiger charge is 2.20. The zero-order valence-corrected chi connectivity index (χ0v) is 6.94. The minimum atomic E-state index is 0.344. The van der Waals surface area contributed by atoms with Gasteiger partial charge >= 0.3 is 0 Å². The molecule has 0 spiro atoms. The molecule has 1 aliphatic heterocycles. The van der Waals surface area contributed by atoms with Crippen LogP contribution < -0.4 is 0 Å². The lowest BCUT2D eigenvalue weighted by Gasteiger charge is -1.99. The summed E-state index contributed by atoms with van der Waals surface area (Å²) in [6.07, 6.45) is 3.57. The molecule has 0 bridgehead atoms. The van der Waals surface area contributed by atoms with Crippen molar-refractivity contribution in [3.8, 4) is 17.0 Å². The van der Waals surface area contributed by atoms with E-state index in [1.165, 1.54) is 0 Å². The fourth-order valence-corrected chi connectivity index (χ4v) is 1.85. The first-order chi connectivity index (χ1) is 6.36. The van der Waals surface area contributed by atoms with E-state index in [1.54, 1.807) is 18.6 Å². The topological polar surface area (TPSA) is 38.1 Å². The van der Waals surface area contributed by atoms with Crippen LogP contribution in [0, 0.1) is 0 Å². The second-order valence-electron chi connectivity index (χ2n) is 3.22. The van der Waals surface area contributed by atoms with Gasteiger partial charge in [-0.25, -0.2) is 4.98 Å². The predicted octanol–water partition coefficient (Wildman–Crippen LogP) is 1.62. The quantitative estimate of drug-likeness (QED) is 0.559. The molecule has 1 N–H and O–H groups in total. The van der Waals surface area contributed by atoms with Crippen molar-refractivity contribution >= 4 is 0 Å². The van der Waals surface area contributed by atoms with E-state index >= 15 is 0 Å². The Labute approximate surface area is 75.3 Å². The monoisotopic (exact) mass is 172 g/mol. The van der Waals surface area contributed by atoms with E-state index in [1.807, 2.05) is 16.7 Å². The molecule has 0 fully saturated rings. The summed E-state index contributed by atoms with van der Waals surface area (Å²) in [5.41, 5.74) is 3.10. The third-order valence-corrected chi connectivity index (χ3v) is 2.44. The molecule has 0 saturated carbocycles. The highest BCUT2D eigenvalue weighted by atomic mass is 16.3. The van der Waals surface area contributed by atoms with Crippen LogP contribution in [0.15, 0.2) is 30.7 Å². The van der Waals surface area contributed by atoms with Crippen molar-refractivity contribution in [2.24, 2.45) is 0 Å². The lowest BCUT2D eigenvalue weighted by Crippen LogP contribution is -1.88. The molecule has 0 amide bonds. The molecule has 3 nitrogen and oxygen atoms in total. The van der Waals surface area contributed by atoms with Crippen molar-refractivity contribution in [2.45, 2.75) is 6.54 Å². The van der Waals surface area contributed by atoms with Crippen LogP contribution >= 0.6 is 0 Å². The molecule has 0 radical (unpaired) electrons. The van der Waals surface area contributed by atoms with Gasteiger partial charge in [0.25, 0.3) is 0 Å². The summed E-state index contributed by atoms with van der Waals surface area (Å²) in [4.78, 5) is 4.04. The maximum absolute atomic E-state index is 9.66.